The first-order valence-corrected chi connectivity index (χ1v) is 7.08. The number of nitrogens with zero attached hydrogens (tertiary/aromatic N) is 2. The van der Waals surface area contributed by atoms with E-state index in [-0.39, 0.29) is 0 Å². The summed E-state index contributed by atoms with van der Waals surface area (Å²) in [5.41, 5.74) is 0. The largest absolute Gasteiger partial charge is 0.320 e. The third kappa shape index (κ3) is 4.34. The summed E-state index contributed by atoms with van der Waals surface area (Å²) in [6.45, 7) is 4.09. The molecule has 1 rings (SSSR count). The molecule has 1 saturated heterocycles. The predicted molar refractivity (Wildman–Crippen MR) is 64.5 cm³/mol. The molecule has 7 heteroatoms. The minimum Gasteiger partial charge on any atom is -0.320 e. The van der Waals surface area contributed by atoms with E-state index in [1.165, 1.54) is 4.31 Å². The highest BCUT2D eigenvalue weighted by atomic mass is 32.2. The van der Waals surface area contributed by atoms with Crippen LogP contribution in [-0.4, -0.2) is 71.0 Å². The topological polar surface area (TPSA) is 64.7 Å². The molecule has 2 N–H and O–H groups in total. The molecule has 0 bridgehead atoms. The highest BCUT2D eigenvalue weighted by Crippen LogP contribution is 2.03. The summed E-state index contributed by atoms with van der Waals surface area (Å²) in [7, 11) is 0.602. The summed E-state index contributed by atoms with van der Waals surface area (Å²) in [6, 6.07) is 0. The number of hydrogen-bond acceptors (Lipinski definition) is 4. The van der Waals surface area contributed by atoms with Gasteiger partial charge in [0, 0.05) is 32.7 Å². The first kappa shape index (κ1) is 13.9. The second kappa shape index (κ2) is 6.51. The fourth-order valence-electron chi connectivity index (χ4n) is 1.59. The van der Waals surface area contributed by atoms with Crippen molar-refractivity contribution in [3.63, 3.8) is 0 Å². The van der Waals surface area contributed by atoms with Crippen LogP contribution in [0.2, 0.25) is 0 Å². The lowest BCUT2D eigenvalue weighted by Crippen LogP contribution is -2.51. The van der Waals surface area contributed by atoms with Gasteiger partial charge in [0.1, 0.15) is 0 Å². The summed E-state index contributed by atoms with van der Waals surface area (Å²) >= 11 is 0. The van der Waals surface area contributed by atoms with Crippen LogP contribution >= 0.6 is 0 Å². The zero-order valence-electron chi connectivity index (χ0n) is 10.1. The van der Waals surface area contributed by atoms with Crippen molar-refractivity contribution in [1.29, 1.82) is 0 Å². The number of hydrogen-bond donors (Lipinski definition) is 2. The fraction of sp³-hybridized carbons (Fsp3) is 1.00. The average molecular weight is 250 g/mol. The second-order valence-electron chi connectivity index (χ2n) is 4.06. The lowest BCUT2D eigenvalue weighted by Gasteiger charge is -2.31. The summed E-state index contributed by atoms with van der Waals surface area (Å²) in [5.74, 6) is 0. The van der Waals surface area contributed by atoms with E-state index < -0.39 is 10.2 Å². The predicted octanol–water partition coefficient (Wildman–Crippen LogP) is -1.32. The van der Waals surface area contributed by atoms with Crippen LogP contribution in [0.5, 0.6) is 0 Å². The molecule has 1 aliphatic rings. The number of likely N-dealkylation sites (N-methyl/N-ethyl adjacent to an activating group) is 1. The standard InChI is InChI=1S/C9H22N4O2S/c1-10-4-3-5-11-16(14,15)13-8-6-12(2)7-9-13/h10-11H,3-9H2,1-2H3. The lowest BCUT2D eigenvalue weighted by molar-refractivity contribution is 0.221. The number of piperazine rings is 1. The summed E-state index contributed by atoms with van der Waals surface area (Å²) in [5, 5.41) is 2.98. The van der Waals surface area contributed by atoms with Crippen molar-refractivity contribution in [2.75, 3.05) is 53.4 Å². The van der Waals surface area contributed by atoms with Crippen molar-refractivity contribution in [3.05, 3.63) is 0 Å². The van der Waals surface area contributed by atoms with E-state index in [4.69, 9.17) is 0 Å². The Labute approximate surface area is 98.2 Å². The minimum atomic E-state index is -3.26. The van der Waals surface area contributed by atoms with Gasteiger partial charge in [-0.3, -0.25) is 0 Å². The Balaban J connectivity index is 2.33. The van der Waals surface area contributed by atoms with Crippen LogP contribution in [0.3, 0.4) is 0 Å². The van der Waals surface area contributed by atoms with E-state index in [1.54, 1.807) is 0 Å². The van der Waals surface area contributed by atoms with E-state index in [2.05, 4.69) is 14.9 Å². The summed E-state index contributed by atoms with van der Waals surface area (Å²) < 4.78 is 27.8. The molecule has 0 aromatic carbocycles. The molecule has 1 fully saturated rings. The maximum Gasteiger partial charge on any atom is 0.279 e. The Hall–Kier alpha value is -0.210. The molecule has 1 aliphatic heterocycles. The smallest absolute Gasteiger partial charge is 0.279 e. The molecule has 0 aromatic heterocycles. The Morgan fingerprint density at radius 1 is 1.12 bits per heavy atom. The molecule has 16 heavy (non-hydrogen) atoms. The number of nitrogens with one attached hydrogen (secondary N) is 2. The zero-order valence-corrected chi connectivity index (χ0v) is 10.9. The Kier molecular flexibility index (Phi) is 5.63. The van der Waals surface area contributed by atoms with Crippen LogP contribution in [0.15, 0.2) is 0 Å². The molecule has 96 valence electrons. The molecule has 0 amide bonds. The maximum atomic E-state index is 11.8. The first-order chi connectivity index (χ1) is 7.56. The van der Waals surface area contributed by atoms with Gasteiger partial charge in [0.2, 0.25) is 0 Å². The van der Waals surface area contributed by atoms with Crippen LogP contribution < -0.4 is 10.0 Å². The van der Waals surface area contributed by atoms with Gasteiger partial charge >= 0.3 is 0 Å². The van der Waals surface area contributed by atoms with Crippen LogP contribution in [0.25, 0.3) is 0 Å². The van der Waals surface area contributed by atoms with Crippen LogP contribution in [0, 0.1) is 0 Å². The summed E-state index contributed by atoms with van der Waals surface area (Å²) in [4.78, 5) is 2.13. The monoisotopic (exact) mass is 250 g/mol. The van der Waals surface area contributed by atoms with Gasteiger partial charge in [0.15, 0.2) is 0 Å². The summed E-state index contributed by atoms with van der Waals surface area (Å²) in [6.07, 6.45) is 0.809. The minimum absolute atomic E-state index is 0.496. The molecule has 0 saturated carbocycles. The van der Waals surface area contributed by atoms with Gasteiger partial charge in [-0.15, -0.1) is 0 Å². The fourth-order valence-corrected chi connectivity index (χ4v) is 2.81. The van der Waals surface area contributed by atoms with E-state index in [1.807, 2.05) is 14.1 Å². The third-order valence-electron chi connectivity index (χ3n) is 2.69. The van der Waals surface area contributed by atoms with Gasteiger partial charge in [0.05, 0.1) is 0 Å². The molecule has 0 radical (unpaired) electrons. The normalized spacial score (nSPS) is 20.1. The highest BCUT2D eigenvalue weighted by molar-refractivity contribution is 7.87. The Morgan fingerprint density at radius 2 is 1.75 bits per heavy atom. The van der Waals surface area contributed by atoms with Gasteiger partial charge in [-0.1, -0.05) is 0 Å². The first-order valence-electron chi connectivity index (χ1n) is 5.64. The van der Waals surface area contributed by atoms with Crippen molar-refractivity contribution < 1.29 is 8.42 Å². The van der Waals surface area contributed by atoms with E-state index in [9.17, 15) is 8.42 Å². The van der Waals surface area contributed by atoms with Crippen molar-refractivity contribution in [3.8, 4) is 0 Å². The van der Waals surface area contributed by atoms with Gasteiger partial charge in [-0.05, 0) is 27.1 Å². The van der Waals surface area contributed by atoms with Crippen molar-refractivity contribution in [1.82, 2.24) is 19.2 Å². The quantitative estimate of drug-likeness (QED) is 0.574. The van der Waals surface area contributed by atoms with Crippen LogP contribution in [0.4, 0.5) is 0 Å². The molecule has 0 aliphatic carbocycles. The van der Waals surface area contributed by atoms with Crippen molar-refractivity contribution in [2.45, 2.75) is 6.42 Å². The number of rotatable bonds is 6. The van der Waals surface area contributed by atoms with E-state index in [0.29, 0.717) is 19.6 Å². The van der Waals surface area contributed by atoms with Crippen molar-refractivity contribution >= 4 is 10.2 Å². The molecule has 0 aromatic rings. The van der Waals surface area contributed by atoms with E-state index >= 15 is 0 Å². The average Bonchev–Trinajstić information content (AvgIpc) is 2.25. The van der Waals surface area contributed by atoms with Crippen LogP contribution in [-0.2, 0) is 10.2 Å². The Morgan fingerprint density at radius 3 is 2.31 bits per heavy atom. The molecular weight excluding hydrogens is 228 g/mol. The van der Waals surface area contributed by atoms with Gasteiger partial charge in [-0.2, -0.15) is 12.7 Å². The van der Waals surface area contributed by atoms with Crippen molar-refractivity contribution in [2.24, 2.45) is 0 Å². The zero-order chi connectivity index (χ0) is 12.0. The van der Waals surface area contributed by atoms with Gasteiger partial charge in [0.25, 0.3) is 10.2 Å². The maximum absolute atomic E-state index is 11.8. The third-order valence-corrected chi connectivity index (χ3v) is 4.30. The van der Waals surface area contributed by atoms with Gasteiger partial charge < -0.3 is 10.2 Å². The Bertz CT molecular complexity index is 286. The molecule has 0 spiro atoms. The van der Waals surface area contributed by atoms with E-state index in [0.717, 1.165) is 26.1 Å². The van der Waals surface area contributed by atoms with Gasteiger partial charge in [-0.25, -0.2) is 4.72 Å². The van der Waals surface area contributed by atoms with Crippen LogP contribution in [0.1, 0.15) is 6.42 Å². The highest BCUT2D eigenvalue weighted by Gasteiger charge is 2.24. The second-order valence-corrected chi connectivity index (χ2v) is 5.81. The molecule has 1 heterocycles. The molecule has 6 nitrogen and oxygen atoms in total. The molecule has 0 atom stereocenters. The SMILES string of the molecule is CNCCCNS(=O)(=O)N1CCN(C)CC1. The molecule has 0 unspecified atom stereocenters. The lowest BCUT2D eigenvalue weighted by atomic mass is 10.4. The molecular formula is C9H22N4O2S.